The van der Waals surface area contributed by atoms with Crippen LogP contribution in [0.25, 0.3) is 0 Å². The Hall–Kier alpha value is -0.870. The SMILES string of the molecule is CCOC(=O)[C@@H]1O[C@H]1c1ccccc1Br. The van der Waals surface area contributed by atoms with Gasteiger partial charge in [0.2, 0.25) is 0 Å². The molecule has 1 aliphatic rings. The second-order valence-corrected chi connectivity index (χ2v) is 4.11. The molecule has 80 valence electrons. The van der Waals surface area contributed by atoms with Gasteiger partial charge in [0, 0.05) is 4.47 Å². The van der Waals surface area contributed by atoms with Gasteiger partial charge in [0.05, 0.1) is 6.61 Å². The van der Waals surface area contributed by atoms with Crippen molar-refractivity contribution in [2.75, 3.05) is 6.61 Å². The van der Waals surface area contributed by atoms with Crippen LogP contribution in [0.4, 0.5) is 0 Å². The highest BCUT2D eigenvalue weighted by Gasteiger charge is 2.48. The minimum Gasteiger partial charge on any atom is -0.464 e. The number of esters is 1. The molecule has 1 aromatic carbocycles. The summed E-state index contributed by atoms with van der Waals surface area (Å²) >= 11 is 3.42. The maximum absolute atomic E-state index is 11.3. The fourth-order valence-corrected chi connectivity index (χ4v) is 1.97. The van der Waals surface area contributed by atoms with Gasteiger partial charge in [0.15, 0.2) is 6.10 Å². The van der Waals surface area contributed by atoms with Crippen LogP contribution in [-0.2, 0) is 14.3 Å². The summed E-state index contributed by atoms with van der Waals surface area (Å²) in [5, 5.41) is 0. The first-order valence-corrected chi connectivity index (χ1v) is 5.60. The molecule has 4 heteroatoms. The van der Waals surface area contributed by atoms with E-state index in [0.717, 1.165) is 10.0 Å². The second-order valence-electron chi connectivity index (χ2n) is 3.25. The number of carbonyl (C=O) groups excluding carboxylic acids is 1. The van der Waals surface area contributed by atoms with Crippen molar-refractivity contribution in [2.24, 2.45) is 0 Å². The van der Waals surface area contributed by atoms with E-state index in [2.05, 4.69) is 15.9 Å². The van der Waals surface area contributed by atoms with Crippen molar-refractivity contribution >= 4 is 21.9 Å². The summed E-state index contributed by atoms with van der Waals surface area (Å²) in [5.74, 6) is -0.279. The smallest absolute Gasteiger partial charge is 0.338 e. The summed E-state index contributed by atoms with van der Waals surface area (Å²) < 4.78 is 11.1. The fraction of sp³-hybridized carbons (Fsp3) is 0.364. The van der Waals surface area contributed by atoms with E-state index in [1.165, 1.54) is 0 Å². The Labute approximate surface area is 96.5 Å². The molecule has 15 heavy (non-hydrogen) atoms. The van der Waals surface area contributed by atoms with Crippen LogP contribution in [0.5, 0.6) is 0 Å². The molecular weight excluding hydrogens is 260 g/mol. The predicted molar refractivity (Wildman–Crippen MR) is 58.4 cm³/mol. The van der Waals surface area contributed by atoms with E-state index in [0.29, 0.717) is 6.61 Å². The molecule has 0 spiro atoms. The van der Waals surface area contributed by atoms with Gasteiger partial charge in [-0.25, -0.2) is 4.79 Å². The molecule has 1 saturated heterocycles. The van der Waals surface area contributed by atoms with E-state index in [9.17, 15) is 4.79 Å². The van der Waals surface area contributed by atoms with E-state index in [1.807, 2.05) is 24.3 Å². The Morgan fingerprint density at radius 3 is 2.93 bits per heavy atom. The standard InChI is InChI=1S/C11H11BrO3/c1-2-14-11(13)10-9(15-10)7-5-3-4-6-8(7)12/h3-6,9-10H,2H2,1H3/t9-,10+/m0/s1. The minimum atomic E-state index is -0.427. The lowest BCUT2D eigenvalue weighted by molar-refractivity contribution is -0.144. The fourth-order valence-electron chi connectivity index (χ4n) is 1.46. The van der Waals surface area contributed by atoms with Crippen LogP contribution in [0.2, 0.25) is 0 Å². The maximum Gasteiger partial charge on any atom is 0.338 e. The Balaban J connectivity index is 2.05. The van der Waals surface area contributed by atoms with Gasteiger partial charge in [-0.15, -0.1) is 0 Å². The van der Waals surface area contributed by atoms with E-state index < -0.39 is 6.10 Å². The van der Waals surface area contributed by atoms with Crippen molar-refractivity contribution in [3.63, 3.8) is 0 Å². The van der Waals surface area contributed by atoms with Gasteiger partial charge in [-0.1, -0.05) is 34.1 Å². The zero-order chi connectivity index (χ0) is 10.8. The number of carbonyl (C=O) groups is 1. The van der Waals surface area contributed by atoms with Gasteiger partial charge >= 0.3 is 5.97 Å². The largest absolute Gasteiger partial charge is 0.464 e. The molecule has 3 nitrogen and oxygen atoms in total. The average Bonchev–Trinajstić information content (AvgIpc) is 2.98. The highest BCUT2D eigenvalue weighted by molar-refractivity contribution is 9.10. The van der Waals surface area contributed by atoms with Gasteiger partial charge in [-0.05, 0) is 18.6 Å². The van der Waals surface area contributed by atoms with Gasteiger partial charge in [0.25, 0.3) is 0 Å². The number of halogens is 1. The maximum atomic E-state index is 11.3. The molecule has 1 fully saturated rings. The van der Waals surface area contributed by atoms with Crippen molar-refractivity contribution in [1.29, 1.82) is 0 Å². The van der Waals surface area contributed by atoms with Crippen molar-refractivity contribution in [3.8, 4) is 0 Å². The number of hydrogen-bond acceptors (Lipinski definition) is 3. The molecule has 0 N–H and O–H groups in total. The first kappa shape index (κ1) is 10.6. The van der Waals surface area contributed by atoms with Crippen LogP contribution >= 0.6 is 15.9 Å². The molecule has 0 aromatic heterocycles. The number of benzene rings is 1. The van der Waals surface area contributed by atoms with Crippen LogP contribution in [0.15, 0.2) is 28.7 Å². The Morgan fingerprint density at radius 1 is 1.53 bits per heavy atom. The molecule has 0 bridgehead atoms. The van der Waals surface area contributed by atoms with E-state index in [1.54, 1.807) is 6.92 Å². The van der Waals surface area contributed by atoms with Gasteiger partial charge in [-0.3, -0.25) is 0 Å². The van der Waals surface area contributed by atoms with E-state index >= 15 is 0 Å². The summed E-state index contributed by atoms with van der Waals surface area (Å²) in [6, 6.07) is 7.71. The third-order valence-corrected chi connectivity index (χ3v) is 2.94. The molecule has 0 unspecified atom stereocenters. The van der Waals surface area contributed by atoms with Crippen molar-refractivity contribution in [2.45, 2.75) is 19.1 Å². The molecule has 0 amide bonds. The summed E-state index contributed by atoms with van der Waals surface area (Å²) in [7, 11) is 0. The minimum absolute atomic E-state index is 0.153. The molecular formula is C11H11BrO3. The highest BCUT2D eigenvalue weighted by atomic mass is 79.9. The lowest BCUT2D eigenvalue weighted by Crippen LogP contribution is -2.11. The zero-order valence-electron chi connectivity index (χ0n) is 8.27. The van der Waals surface area contributed by atoms with Gasteiger partial charge < -0.3 is 9.47 Å². The lowest BCUT2D eigenvalue weighted by Gasteiger charge is -1.99. The number of rotatable bonds is 3. The third kappa shape index (κ3) is 2.21. The number of hydrogen-bond donors (Lipinski definition) is 0. The molecule has 0 saturated carbocycles. The Bertz CT molecular complexity index is 378. The molecule has 1 aliphatic heterocycles. The van der Waals surface area contributed by atoms with Crippen molar-refractivity contribution in [3.05, 3.63) is 34.3 Å². The first-order chi connectivity index (χ1) is 7.24. The topological polar surface area (TPSA) is 38.8 Å². The van der Waals surface area contributed by atoms with E-state index in [-0.39, 0.29) is 12.1 Å². The summed E-state index contributed by atoms with van der Waals surface area (Å²) in [6.45, 7) is 2.18. The first-order valence-electron chi connectivity index (χ1n) is 4.80. The van der Waals surface area contributed by atoms with Crippen LogP contribution in [0.3, 0.4) is 0 Å². The van der Waals surface area contributed by atoms with Gasteiger partial charge in [0.1, 0.15) is 6.10 Å². The van der Waals surface area contributed by atoms with Gasteiger partial charge in [-0.2, -0.15) is 0 Å². The Kier molecular flexibility index (Phi) is 3.07. The van der Waals surface area contributed by atoms with Crippen molar-refractivity contribution in [1.82, 2.24) is 0 Å². The summed E-state index contributed by atoms with van der Waals surface area (Å²) in [5.41, 5.74) is 0.996. The number of ether oxygens (including phenoxy) is 2. The number of epoxide rings is 1. The monoisotopic (exact) mass is 270 g/mol. The summed E-state index contributed by atoms with van der Waals surface area (Å²) in [4.78, 5) is 11.3. The average molecular weight is 271 g/mol. The summed E-state index contributed by atoms with van der Waals surface area (Å²) in [6.07, 6.45) is -0.580. The quantitative estimate of drug-likeness (QED) is 0.626. The molecule has 0 radical (unpaired) electrons. The highest BCUT2D eigenvalue weighted by Crippen LogP contribution is 2.42. The van der Waals surface area contributed by atoms with Crippen LogP contribution < -0.4 is 0 Å². The molecule has 1 heterocycles. The zero-order valence-corrected chi connectivity index (χ0v) is 9.86. The molecule has 1 aromatic rings. The van der Waals surface area contributed by atoms with Crippen molar-refractivity contribution < 1.29 is 14.3 Å². The van der Waals surface area contributed by atoms with Crippen LogP contribution in [0, 0.1) is 0 Å². The lowest BCUT2D eigenvalue weighted by atomic mass is 10.1. The Morgan fingerprint density at radius 2 is 2.27 bits per heavy atom. The normalized spacial score (nSPS) is 23.6. The molecule has 2 atom stereocenters. The molecule has 2 rings (SSSR count). The van der Waals surface area contributed by atoms with E-state index in [4.69, 9.17) is 9.47 Å². The third-order valence-electron chi connectivity index (χ3n) is 2.22. The predicted octanol–water partition coefficient (Wildman–Crippen LogP) is 2.45. The van der Waals surface area contributed by atoms with Crippen LogP contribution in [-0.4, -0.2) is 18.7 Å². The van der Waals surface area contributed by atoms with Crippen LogP contribution in [0.1, 0.15) is 18.6 Å². The molecule has 0 aliphatic carbocycles. The second kappa shape index (κ2) is 4.33.